The molecule has 1 aromatic heterocycles. The number of fused-ring (bicyclic) bond motifs is 1. The van der Waals surface area contributed by atoms with Crippen LogP contribution in [0, 0.1) is 5.92 Å². The minimum Gasteiger partial charge on any atom is -0.462 e. The molecule has 4 rings (SSSR count). The molecule has 0 spiro atoms. The second-order valence-electron chi connectivity index (χ2n) is 8.90. The monoisotopic (exact) mass is 567 g/mol. The number of amides is 2. The smallest absolute Gasteiger partial charge is 0.343 e. The van der Waals surface area contributed by atoms with Crippen LogP contribution in [0.15, 0.2) is 53.6 Å². The Labute approximate surface area is 234 Å². The zero-order chi connectivity index (χ0) is 27.9. The third-order valence-corrected chi connectivity index (χ3v) is 7.37. The van der Waals surface area contributed by atoms with Gasteiger partial charge >= 0.3 is 23.8 Å². The van der Waals surface area contributed by atoms with Crippen molar-refractivity contribution >= 4 is 57.9 Å². The van der Waals surface area contributed by atoms with Crippen molar-refractivity contribution < 1.29 is 28.7 Å². The molecule has 39 heavy (non-hydrogen) atoms. The van der Waals surface area contributed by atoms with Crippen LogP contribution in [0.3, 0.4) is 0 Å². The Balaban J connectivity index is 1.38. The number of carbonyl (C=O) groups excluding carboxylic acids is 4. The van der Waals surface area contributed by atoms with Gasteiger partial charge in [0.2, 0.25) is 0 Å². The van der Waals surface area contributed by atoms with Crippen LogP contribution in [-0.4, -0.2) is 36.6 Å². The van der Waals surface area contributed by atoms with Crippen LogP contribution in [0.25, 0.3) is 0 Å². The number of nitrogens with zero attached hydrogens (tertiary/aromatic N) is 1. The molecule has 1 aliphatic rings. The first-order valence-electron chi connectivity index (χ1n) is 12.3. The molecule has 0 saturated heterocycles. The van der Waals surface area contributed by atoms with Crippen molar-refractivity contribution in [1.82, 2.24) is 5.43 Å². The summed E-state index contributed by atoms with van der Waals surface area (Å²) in [5.74, 6) is -2.31. The van der Waals surface area contributed by atoms with E-state index in [0.717, 1.165) is 23.3 Å². The Kier molecular flexibility index (Phi) is 9.11. The molecule has 0 radical (unpaired) electrons. The van der Waals surface area contributed by atoms with Crippen molar-refractivity contribution in [1.29, 1.82) is 0 Å². The highest BCUT2D eigenvalue weighted by Crippen LogP contribution is 2.40. The molecule has 0 unspecified atom stereocenters. The summed E-state index contributed by atoms with van der Waals surface area (Å²) < 4.78 is 10.6. The SMILES string of the molecule is CCOC(=O)c1c(NC(=O)C(=O)N/N=C\c2cccc(OC(=O)c3ccc(Cl)cc3)c2)sc2c1CC[C@H](C)C2. The summed E-state index contributed by atoms with van der Waals surface area (Å²) >= 11 is 7.14. The fourth-order valence-corrected chi connectivity index (χ4v) is 5.56. The van der Waals surface area contributed by atoms with Crippen LogP contribution in [0.4, 0.5) is 5.00 Å². The van der Waals surface area contributed by atoms with Crippen molar-refractivity contribution in [2.75, 3.05) is 11.9 Å². The molecule has 0 aliphatic heterocycles. The van der Waals surface area contributed by atoms with Crippen LogP contribution >= 0.6 is 22.9 Å². The standard InChI is InChI=1S/C28H26ClN3O6S/c1-3-37-28(36)23-21-12-7-16(2)13-22(21)39-26(23)31-24(33)25(34)32-30-15-17-5-4-6-20(14-17)38-27(35)18-8-10-19(29)11-9-18/h4-6,8-11,14-16H,3,7,12-13H2,1-2H3,(H,31,33)(H,32,34)/b30-15-/t16-/m0/s1. The van der Waals surface area contributed by atoms with Gasteiger partial charge in [-0.15, -0.1) is 11.3 Å². The van der Waals surface area contributed by atoms with E-state index in [1.165, 1.54) is 17.6 Å². The van der Waals surface area contributed by atoms with Crippen molar-refractivity contribution in [3.8, 4) is 5.75 Å². The Hall–Kier alpha value is -4.02. The largest absolute Gasteiger partial charge is 0.462 e. The van der Waals surface area contributed by atoms with E-state index in [1.807, 2.05) is 0 Å². The van der Waals surface area contributed by atoms with Gasteiger partial charge in [-0.25, -0.2) is 15.0 Å². The van der Waals surface area contributed by atoms with E-state index in [-0.39, 0.29) is 12.4 Å². The maximum atomic E-state index is 12.6. The van der Waals surface area contributed by atoms with E-state index < -0.39 is 23.8 Å². The zero-order valence-electron chi connectivity index (χ0n) is 21.3. The van der Waals surface area contributed by atoms with E-state index in [1.54, 1.807) is 55.5 Å². The molecule has 202 valence electrons. The van der Waals surface area contributed by atoms with Crippen LogP contribution in [0.1, 0.15) is 57.0 Å². The minimum atomic E-state index is -1.01. The lowest BCUT2D eigenvalue weighted by Gasteiger charge is -2.18. The van der Waals surface area contributed by atoms with Crippen molar-refractivity contribution in [3.05, 3.63) is 80.7 Å². The summed E-state index contributed by atoms with van der Waals surface area (Å²) in [6.07, 6.45) is 3.74. The third-order valence-electron chi connectivity index (χ3n) is 5.95. The van der Waals surface area contributed by atoms with Crippen molar-refractivity contribution in [2.45, 2.75) is 33.1 Å². The minimum absolute atomic E-state index is 0.198. The number of anilines is 1. The Morgan fingerprint density at radius 3 is 2.62 bits per heavy atom. The molecular weight excluding hydrogens is 542 g/mol. The summed E-state index contributed by atoms with van der Waals surface area (Å²) in [6.45, 7) is 4.04. The summed E-state index contributed by atoms with van der Waals surface area (Å²) in [7, 11) is 0. The fourth-order valence-electron chi connectivity index (χ4n) is 4.04. The maximum Gasteiger partial charge on any atom is 0.343 e. The van der Waals surface area contributed by atoms with Crippen molar-refractivity contribution in [3.63, 3.8) is 0 Å². The van der Waals surface area contributed by atoms with Crippen LogP contribution in [0.2, 0.25) is 5.02 Å². The normalized spacial score (nSPS) is 14.4. The summed E-state index contributed by atoms with van der Waals surface area (Å²) in [4.78, 5) is 51.0. The highest BCUT2D eigenvalue weighted by Gasteiger charge is 2.30. The molecular formula is C28H26ClN3O6S. The number of esters is 2. The molecule has 2 amide bonds. The number of nitrogens with one attached hydrogen (secondary N) is 2. The van der Waals surface area contributed by atoms with Gasteiger partial charge in [-0.1, -0.05) is 30.7 Å². The molecule has 0 fully saturated rings. The highest BCUT2D eigenvalue weighted by atomic mass is 35.5. The summed E-state index contributed by atoms with van der Waals surface area (Å²) in [6, 6.07) is 12.8. The first-order valence-corrected chi connectivity index (χ1v) is 13.5. The van der Waals surface area contributed by atoms with Crippen LogP contribution in [0.5, 0.6) is 5.75 Å². The Morgan fingerprint density at radius 1 is 1.10 bits per heavy atom. The van der Waals surface area contributed by atoms with Gasteiger partial charge in [-0.05, 0) is 79.6 Å². The molecule has 1 aliphatic carbocycles. The molecule has 0 bridgehead atoms. The number of rotatable bonds is 7. The first-order chi connectivity index (χ1) is 18.7. The Morgan fingerprint density at radius 2 is 1.87 bits per heavy atom. The second-order valence-corrected chi connectivity index (χ2v) is 10.4. The lowest BCUT2D eigenvalue weighted by Crippen LogP contribution is -2.32. The molecule has 2 aromatic carbocycles. The van der Waals surface area contributed by atoms with E-state index in [2.05, 4.69) is 22.8 Å². The number of ether oxygens (including phenoxy) is 2. The van der Waals surface area contributed by atoms with E-state index in [0.29, 0.717) is 39.1 Å². The van der Waals surface area contributed by atoms with Gasteiger partial charge in [-0.2, -0.15) is 5.10 Å². The van der Waals surface area contributed by atoms with Crippen LogP contribution < -0.4 is 15.5 Å². The molecule has 1 heterocycles. The maximum absolute atomic E-state index is 12.6. The van der Waals surface area contributed by atoms with Gasteiger partial charge < -0.3 is 14.8 Å². The molecule has 2 N–H and O–H groups in total. The van der Waals surface area contributed by atoms with Gasteiger partial charge in [0.15, 0.2) is 0 Å². The number of thiophene rings is 1. The number of halogens is 1. The average Bonchev–Trinajstić information content (AvgIpc) is 3.26. The predicted octanol–water partition coefficient (Wildman–Crippen LogP) is 5.01. The first kappa shape index (κ1) is 28.0. The van der Waals surface area contributed by atoms with Crippen molar-refractivity contribution in [2.24, 2.45) is 11.0 Å². The summed E-state index contributed by atoms with van der Waals surface area (Å²) in [5.41, 5.74) is 4.22. The number of hydrogen-bond donors (Lipinski definition) is 2. The van der Waals surface area contributed by atoms with Crippen LogP contribution in [-0.2, 0) is 27.2 Å². The third kappa shape index (κ3) is 7.10. The molecule has 1 atom stereocenters. The van der Waals surface area contributed by atoms with E-state index in [9.17, 15) is 19.2 Å². The number of hydrazone groups is 1. The predicted molar refractivity (Wildman–Crippen MR) is 149 cm³/mol. The van der Waals surface area contributed by atoms with E-state index >= 15 is 0 Å². The number of benzene rings is 2. The van der Waals surface area contributed by atoms with E-state index in [4.69, 9.17) is 21.1 Å². The fraction of sp³-hybridized carbons (Fsp3) is 0.250. The average molecular weight is 568 g/mol. The Bertz CT molecular complexity index is 1430. The highest BCUT2D eigenvalue weighted by molar-refractivity contribution is 7.17. The number of hydrogen-bond acceptors (Lipinski definition) is 8. The molecule has 9 nitrogen and oxygen atoms in total. The topological polar surface area (TPSA) is 123 Å². The van der Waals surface area contributed by atoms with Gasteiger partial charge in [0, 0.05) is 9.90 Å². The van der Waals surface area contributed by atoms with Gasteiger partial charge in [0.25, 0.3) is 0 Å². The quantitative estimate of drug-likeness (QED) is 0.136. The van der Waals surface area contributed by atoms with Gasteiger partial charge in [0.05, 0.1) is 23.9 Å². The second kappa shape index (κ2) is 12.7. The summed E-state index contributed by atoms with van der Waals surface area (Å²) in [5, 5.41) is 7.17. The molecule has 0 saturated carbocycles. The number of carbonyl (C=O) groups is 4. The zero-order valence-corrected chi connectivity index (χ0v) is 22.9. The van der Waals surface area contributed by atoms with Gasteiger partial charge in [-0.3, -0.25) is 9.59 Å². The molecule has 11 heteroatoms. The molecule has 3 aromatic rings. The van der Waals surface area contributed by atoms with Gasteiger partial charge in [0.1, 0.15) is 10.8 Å². The lowest BCUT2D eigenvalue weighted by molar-refractivity contribution is -0.136. The lowest BCUT2D eigenvalue weighted by atomic mass is 9.88.